The number of carbonyl (C=O) groups excluding carboxylic acids is 1. The molecule has 0 aromatic heterocycles. The Morgan fingerprint density at radius 2 is 1.24 bits per heavy atom. The molecule has 0 saturated carbocycles. The molecule has 0 amide bonds. The lowest BCUT2D eigenvalue weighted by Crippen LogP contribution is -2.07. The lowest BCUT2D eigenvalue weighted by Gasteiger charge is -2.04. The van der Waals surface area contributed by atoms with Gasteiger partial charge >= 0.3 is 5.97 Å². The molecule has 0 heterocycles. The standard InChI is InChI=1S/C18H36O3/c1-3-4-5-6-7-8-9-10-11-12-13-15-18(19)21-17-14-16-20-2/h3-17H2,1-2H3. The van der Waals surface area contributed by atoms with Crippen molar-refractivity contribution in [3.05, 3.63) is 0 Å². The monoisotopic (exact) mass is 300 g/mol. The Morgan fingerprint density at radius 3 is 1.76 bits per heavy atom. The van der Waals surface area contributed by atoms with Crippen molar-refractivity contribution in [2.45, 2.75) is 90.4 Å². The van der Waals surface area contributed by atoms with Gasteiger partial charge in [0.05, 0.1) is 6.61 Å². The van der Waals surface area contributed by atoms with E-state index in [1.54, 1.807) is 7.11 Å². The highest BCUT2D eigenvalue weighted by atomic mass is 16.5. The smallest absolute Gasteiger partial charge is 0.305 e. The van der Waals surface area contributed by atoms with Crippen molar-refractivity contribution >= 4 is 5.97 Å². The lowest BCUT2D eigenvalue weighted by atomic mass is 10.1. The number of ether oxygens (including phenoxy) is 2. The molecular weight excluding hydrogens is 264 g/mol. The summed E-state index contributed by atoms with van der Waals surface area (Å²) in [5.41, 5.74) is 0. The van der Waals surface area contributed by atoms with Crippen molar-refractivity contribution in [3.63, 3.8) is 0 Å². The van der Waals surface area contributed by atoms with Crippen LogP contribution in [0, 0.1) is 0 Å². The third kappa shape index (κ3) is 17.4. The van der Waals surface area contributed by atoms with Gasteiger partial charge in [0.25, 0.3) is 0 Å². The summed E-state index contributed by atoms with van der Waals surface area (Å²) in [6.07, 6.45) is 15.7. The predicted octanol–water partition coefficient (Wildman–Crippen LogP) is 5.27. The minimum Gasteiger partial charge on any atom is -0.466 e. The minimum absolute atomic E-state index is 0.0537. The SMILES string of the molecule is CCCCCCCCCCCCCC(=O)OCCCOC. The van der Waals surface area contributed by atoms with Crippen molar-refractivity contribution in [1.29, 1.82) is 0 Å². The average Bonchev–Trinajstić information content (AvgIpc) is 2.49. The van der Waals surface area contributed by atoms with Gasteiger partial charge in [-0.1, -0.05) is 71.1 Å². The molecular formula is C18H36O3. The van der Waals surface area contributed by atoms with Crippen LogP contribution in [0.25, 0.3) is 0 Å². The van der Waals surface area contributed by atoms with Crippen LogP contribution in [0.2, 0.25) is 0 Å². The summed E-state index contributed by atoms with van der Waals surface area (Å²) in [4.78, 5) is 11.4. The first kappa shape index (κ1) is 20.4. The third-order valence-corrected chi connectivity index (χ3v) is 3.74. The van der Waals surface area contributed by atoms with Gasteiger partial charge in [-0.2, -0.15) is 0 Å². The molecule has 0 N–H and O–H groups in total. The molecule has 0 saturated heterocycles. The first-order valence-electron chi connectivity index (χ1n) is 8.95. The lowest BCUT2D eigenvalue weighted by molar-refractivity contribution is -0.144. The summed E-state index contributed by atoms with van der Waals surface area (Å²) in [5, 5.41) is 0. The molecule has 0 unspecified atom stereocenters. The van der Waals surface area contributed by atoms with E-state index in [4.69, 9.17) is 9.47 Å². The molecule has 0 aromatic carbocycles. The highest BCUT2D eigenvalue weighted by Gasteiger charge is 2.02. The van der Waals surface area contributed by atoms with E-state index in [0.29, 0.717) is 19.6 Å². The van der Waals surface area contributed by atoms with Gasteiger partial charge in [-0.05, 0) is 6.42 Å². The van der Waals surface area contributed by atoms with Gasteiger partial charge in [0.1, 0.15) is 0 Å². The van der Waals surface area contributed by atoms with Crippen LogP contribution in [0.4, 0.5) is 0 Å². The molecule has 21 heavy (non-hydrogen) atoms. The van der Waals surface area contributed by atoms with E-state index in [1.807, 2.05) is 0 Å². The molecule has 0 aliphatic heterocycles. The Kier molecular flexibility index (Phi) is 17.0. The number of rotatable bonds is 16. The minimum atomic E-state index is -0.0537. The van der Waals surface area contributed by atoms with Crippen molar-refractivity contribution in [3.8, 4) is 0 Å². The fourth-order valence-corrected chi connectivity index (χ4v) is 2.39. The Balaban J connectivity index is 3.09. The van der Waals surface area contributed by atoms with Crippen LogP contribution >= 0.6 is 0 Å². The molecule has 0 aliphatic rings. The van der Waals surface area contributed by atoms with Gasteiger partial charge in [0.2, 0.25) is 0 Å². The quantitative estimate of drug-likeness (QED) is 0.288. The second-order valence-corrected chi connectivity index (χ2v) is 5.85. The number of esters is 1. The predicted molar refractivity (Wildman–Crippen MR) is 88.5 cm³/mol. The molecule has 0 aliphatic carbocycles. The summed E-state index contributed by atoms with van der Waals surface area (Å²) < 4.78 is 10.0. The summed E-state index contributed by atoms with van der Waals surface area (Å²) in [7, 11) is 1.66. The van der Waals surface area contributed by atoms with Crippen molar-refractivity contribution in [1.82, 2.24) is 0 Å². The van der Waals surface area contributed by atoms with Crippen molar-refractivity contribution in [2.75, 3.05) is 20.3 Å². The molecule has 0 bridgehead atoms. The van der Waals surface area contributed by atoms with Crippen LogP contribution in [0.3, 0.4) is 0 Å². The van der Waals surface area contributed by atoms with Gasteiger partial charge in [-0.15, -0.1) is 0 Å². The second-order valence-electron chi connectivity index (χ2n) is 5.85. The Hall–Kier alpha value is -0.570. The molecule has 0 aromatic rings. The number of hydrogen-bond donors (Lipinski definition) is 0. The largest absolute Gasteiger partial charge is 0.466 e. The van der Waals surface area contributed by atoms with Crippen molar-refractivity contribution < 1.29 is 14.3 Å². The molecule has 3 heteroatoms. The molecule has 3 nitrogen and oxygen atoms in total. The van der Waals surface area contributed by atoms with Crippen LogP contribution in [0.15, 0.2) is 0 Å². The molecule has 0 atom stereocenters. The molecule has 0 rings (SSSR count). The van der Waals surface area contributed by atoms with Crippen LogP contribution in [-0.2, 0) is 14.3 Å². The number of carbonyl (C=O) groups is 1. The highest BCUT2D eigenvalue weighted by Crippen LogP contribution is 2.12. The summed E-state index contributed by atoms with van der Waals surface area (Å²) in [6.45, 7) is 3.41. The van der Waals surface area contributed by atoms with E-state index in [2.05, 4.69) is 6.92 Å². The maximum Gasteiger partial charge on any atom is 0.305 e. The fraction of sp³-hybridized carbons (Fsp3) is 0.944. The zero-order valence-electron chi connectivity index (χ0n) is 14.3. The van der Waals surface area contributed by atoms with E-state index in [9.17, 15) is 4.79 Å². The molecule has 126 valence electrons. The van der Waals surface area contributed by atoms with E-state index in [-0.39, 0.29) is 5.97 Å². The van der Waals surface area contributed by atoms with Gasteiger partial charge in [0, 0.05) is 26.6 Å². The molecule has 0 fully saturated rings. The van der Waals surface area contributed by atoms with Crippen molar-refractivity contribution in [2.24, 2.45) is 0 Å². The summed E-state index contributed by atoms with van der Waals surface area (Å²) in [6, 6.07) is 0. The maximum absolute atomic E-state index is 11.4. The van der Waals surface area contributed by atoms with Crippen LogP contribution in [0.1, 0.15) is 90.4 Å². The number of unbranched alkanes of at least 4 members (excludes halogenated alkanes) is 10. The van der Waals surface area contributed by atoms with E-state index in [1.165, 1.54) is 57.8 Å². The van der Waals surface area contributed by atoms with E-state index >= 15 is 0 Å². The molecule has 0 spiro atoms. The van der Waals surface area contributed by atoms with Crippen LogP contribution in [-0.4, -0.2) is 26.3 Å². The number of methoxy groups -OCH3 is 1. The zero-order chi connectivity index (χ0) is 15.6. The Morgan fingerprint density at radius 1 is 0.714 bits per heavy atom. The fourth-order valence-electron chi connectivity index (χ4n) is 2.39. The third-order valence-electron chi connectivity index (χ3n) is 3.74. The van der Waals surface area contributed by atoms with Gasteiger partial charge < -0.3 is 9.47 Å². The summed E-state index contributed by atoms with van der Waals surface area (Å²) in [5.74, 6) is -0.0537. The number of hydrogen-bond acceptors (Lipinski definition) is 3. The second kappa shape index (κ2) is 17.5. The Bertz CT molecular complexity index is 217. The van der Waals surface area contributed by atoms with E-state index in [0.717, 1.165) is 19.3 Å². The average molecular weight is 300 g/mol. The Labute approximate surface area is 131 Å². The summed E-state index contributed by atoms with van der Waals surface area (Å²) >= 11 is 0. The van der Waals surface area contributed by atoms with E-state index < -0.39 is 0 Å². The topological polar surface area (TPSA) is 35.5 Å². The first-order chi connectivity index (χ1) is 10.3. The maximum atomic E-state index is 11.4. The van der Waals surface area contributed by atoms with Gasteiger partial charge in [0.15, 0.2) is 0 Å². The van der Waals surface area contributed by atoms with Gasteiger partial charge in [-0.25, -0.2) is 0 Å². The van der Waals surface area contributed by atoms with Crippen LogP contribution < -0.4 is 0 Å². The van der Waals surface area contributed by atoms with Crippen LogP contribution in [0.5, 0.6) is 0 Å². The normalized spacial score (nSPS) is 10.8. The zero-order valence-corrected chi connectivity index (χ0v) is 14.3. The first-order valence-corrected chi connectivity index (χ1v) is 8.95. The highest BCUT2D eigenvalue weighted by molar-refractivity contribution is 5.69. The molecule has 0 radical (unpaired) electrons. The van der Waals surface area contributed by atoms with Gasteiger partial charge in [-0.3, -0.25) is 4.79 Å².